The van der Waals surface area contributed by atoms with E-state index in [9.17, 15) is 4.79 Å². The first kappa shape index (κ1) is 8.30. The van der Waals surface area contributed by atoms with Crippen molar-refractivity contribution in [3.8, 4) is 0 Å². The van der Waals surface area contributed by atoms with Gasteiger partial charge in [0.2, 0.25) is 0 Å². The Labute approximate surface area is 77.5 Å². The number of rotatable bonds is 2. The lowest BCUT2D eigenvalue weighted by Crippen LogP contribution is -2.01. The van der Waals surface area contributed by atoms with Crippen molar-refractivity contribution in [3.63, 3.8) is 0 Å². The van der Waals surface area contributed by atoms with Crippen LogP contribution in [0.2, 0.25) is 0 Å². The molecule has 1 fully saturated rings. The lowest BCUT2D eigenvalue weighted by molar-refractivity contribution is 0.0600. The van der Waals surface area contributed by atoms with Crippen molar-refractivity contribution in [1.82, 2.24) is 0 Å². The van der Waals surface area contributed by atoms with Crippen molar-refractivity contribution in [1.29, 1.82) is 0 Å². The second kappa shape index (κ2) is 3.21. The molecule has 2 nitrogen and oxygen atoms in total. The fourth-order valence-electron chi connectivity index (χ4n) is 1.38. The van der Waals surface area contributed by atoms with Gasteiger partial charge in [-0.05, 0) is 42.5 Å². The fraction of sp³-hybridized carbons (Fsp3) is 0.364. The monoisotopic (exact) mass is 175 g/mol. The molecule has 2 rings (SSSR count). The Bertz CT molecular complexity index is 327. The average Bonchev–Trinajstić information content (AvgIpc) is 3.00. The molecule has 0 spiro atoms. The summed E-state index contributed by atoms with van der Waals surface area (Å²) in [7, 11) is 1.39. The molecular weight excluding hydrogens is 164 g/mol. The van der Waals surface area contributed by atoms with Gasteiger partial charge in [0.05, 0.1) is 12.7 Å². The van der Waals surface area contributed by atoms with Crippen molar-refractivity contribution in [2.24, 2.45) is 0 Å². The second-order valence-corrected chi connectivity index (χ2v) is 3.32. The molecule has 0 aliphatic heterocycles. The van der Waals surface area contributed by atoms with Crippen molar-refractivity contribution < 1.29 is 9.53 Å². The summed E-state index contributed by atoms with van der Waals surface area (Å²) in [5.74, 6) is 0.375. The number of carbonyl (C=O) groups is 1. The zero-order valence-corrected chi connectivity index (χ0v) is 7.54. The lowest BCUT2D eigenvalue weighted by atomic mass is 10.1. The highest BCUT2D eigenvalue weighted by Crippen LogP contribution is 2.40. The molecule has 2 heteroatoms. The molecule has 0 heterocycles. The molecule has 1 aliphatic rings. The summed E-state index contributed by atoms with van der Waals surface area (Å²) in [6.45, 7) is 0. The van der Waals surface area contributed by atoms with Gasteiger partial charge in [0.1, 0.15) is 0 Å². The van der Waals surface area contributed by atoms with Crippen molar-refractivity contribution >= 4 is 5.97 Å². The van der Waals surface area contributed by atoms with Gasteiger partial charge in [-0.3, -0.25) is 0 Å². The number of hydrogen-bond acceptors (Lipinski definition) is 2. The number of ether oxygens (including phenoxy) is 1. The minimum atomic E-state index is -0.279. The fourth-order valence-corrected chi connectivity index (χ4v) is 1.38. The zero-order chi connectivity index (χ0) is 9.26. The molecule has 0 bridgehead atoms. The molecule has 13 heavy (non-hydrogen) atoms. The first-order valence-electron chi connectivity index (χ1n) is 4.40. The number of carbonyl (C=O) groups excluding carboxylic acids is 1. The molecule has 0 N–H and O–H groups in total. The molecule has 0 amide bonds. The molecule has 67 valence electrons. The Morgan fingerprint density at radius 3 is 2.92 bits per heavy atom. The Morgan fingerprint density at radius 1 is 1.54 bits per heavy atom. The molecule has 0 aromatic heterocycles. The van der Waals surface area contributed by atoms with Crippen LogP contribution in [0.1, 0.15) is 34.7 Å². The molecule has 0 atom stereocenters. The summed E-state index contributed by atoms with van der Waals surface area (Å²) in [4.78, 5) is 11.2. The van der Waals surface area contributed by atoms with Crippen molar-refractivity contribution in [2.75, 3.05) is 7.11 Å². The molecule has 0 saturated heterocycles. The van der Waals surface area contributed by atoms with E-state index in [1.54, 1.807) is 6.07 Å². The standard InChI is InChI=1S/C11H11O2/c1-13-11(12)10-4-2-3-9(7-10)8-5-6-8/h3-4,7-8H,5-6H2,1H3. The van der Waals surface area contributed by atoms with E-state index in [1.807, 2.05) is 12.1 Å². The number of esters is 1. The molecule has 1 aromatic carbocycles. The predicted molar refractivity (Wildman–Crippen MR) is 48.6 cm³/mol. The molecule has 1 aromatic rings. The van der Waals surface area contributed by atoms with Crippen LogP contribution in [-0.4, -0.2) is 13.1 Å². The molecule has 1 aliphatic carbocycles. The van der Waals surface area contributed by atoms with Gasteiger partial charge in [0.15, 0.2) is 0 Å². The van der Waals surface area contributed by atoms with Gasteiger partial charge in [0.25, 0.3) is 0 Å². The van der Waals surface area contributed by atoms with E-state index in [0.717, 1.165) is 0 Å². The van der Waals surface area contributed by atoms with E-state index in [-0.39, 0.29) is 5.97 Å². The first-order valence-corrected chi connectivity index (χ1v) is 4.40. The molecular formula is C11H11O2. The van der Waals surface area contributed by atoms with Gasteiger partial charge in [-0.15, -0.1) is 0 Å². The summed E-state index contributed by atoms with van der Waals surface area (Å²) in [6.07, 6.45) is 2.47. The highest BCUT2D eigenvalue weighted by atomic mass is 16.5. The van der Waals surface area contributed by atoms with E-state index in [4.69, 9.17) is 0 Å². The summed E-state index contributed by atoms with van der Waals surface area (Å²) >= 11 is 0. The SMILES string of the molecule is COC(=O)c1c[c]cc(C2CC2)c1. The van der Waals surface area contributed by atoms with Crippen LogP contribution in [-0.2, 0) is 4.74 Å². The Hall–Kier alpha value is -1.31. The summed E-state index contributed by atoms with van der Waals surface area (Å²) in [5.41, 5.74) is 1.81. The summed E-state index contributed by atoms with van der Waals surface area (Å²) in [5, 5.41) is 0. The first-order chi connectivity index (χ1) is 6.31. The predicted octanol–water partition coefficient (Wildman–Crippen LogP) is 2.15. The van der Waals surface area contributed by atoms with Crippen LogP contribution in [0, 0.1) is 6.07 Å². The van der Waals surface area contributed by atoms with Gasteiger partial charge in [-0.25, -0.2) is 4.79 Å². The molecule has 0 unspecified atom stereocenters. The van der Waals surface area contributed by atoms with Crippen molar-refractivity contribution in [2.45, 2.75) is 18.8 Å². The van der Waals surface area contributed by atoms with Crippen LogP contribution in [0.15, 0.2) is 18.2 Å². The van der Waals surface area contributed by atoms with Crippen LogP contribution in [0.5, 0.6) is 0 Å². The number of hydrogen-bond donors (Lipinski definition) is 0. The normalized spacial score (nSPS) is 15.5. The minimum absolute atomic E-state index is 0.279. The maximum Gasteiger partial charge on any atom is 0.337 e. The third-order valence-corrected chi connectivity index (χ3v) is 2.28. The Balaban J connectivity index is 2.26. The zero-order valence-electron chi connectivity index (χ0n) is 7.54. The van der Waals surface area contributed by atoms with Gasteiger partial charge in [0, 0.05) is 0 Å². The Kier molecular flexibility index (Phi) is 2.05. The number of benzene rings is 1. The Morgan fingerprint density at radius 2 is 2.31 bits per heavy atom. The van der Waals surface area contributed by atoms with Crippen LogP contribution >= 0.6 is 0 Å². The van der Waals surface area contributed by atoms with Crippen LogP contribution in [0.4, 0.5) is 0 Å². The average molecular weight is 175 g/mol. The third-order valence-electron chi connectivity index (χ3n) is 2.28. The lowest BCUT2D eigenvalue weighted by Gasteiger charge is -2.01. The maximum absolute atomic E-state index is 11.2. The van der Waals surface area contributed by atoms with Crippen LogP contribution < -0.4 is 0 Å². The maximum atomic E-state index is 11.2. The highest BCUT2D eigenvalue weighted by molar-refractivity contribution is 5.89. The minimum Gasteiger partial charge on any atom is -0.465 e. The van der Waals surface area contributed by atoms with E-state index in [0.29, 0.717) is 11.5 Å². The third kappa shape index (κ3) is 1.72. The van der Waals surface area contributed by atoms with Gasteiger partial charge >= 0.3 is 5.97 Å². The van der Waals surface area contributed by atoms with E-state index >= 15 is 0 Å². The molecule has 1 radical (unpaired) electrons. The largest absolute Gasteiger partial charge is 0.465 e. The second-order valence-electron chi connectivity index (χ2n) is 3.32. The van der Waals surface area contributed by atoms with Gasteiger partial charge in [-0.2, -0.15) is 0 Å². The van der Waals surface area contributed by atoms with E-state index < -0.39 is 0 Å². The quantitative estimate of drug-likeness (QED) is 0.644. The van der Waals surface area contributed by atoms with Gasteiger partial charge in [-0.1, -0.05) is 6.07 Å². The van der Waals surface area contributed by atoms with Crippen molar-refractivity contribution in [3.05, 3.63) is 35.4 Å². The number of methoxy groups -OCH3 is 1. The smallest absolute Gasteiger partial charge is 0.337 e. The van der Waals surface area contributed by atoms with E-state index in [2.05, 4.69) is 10.8 Å². The highest BCUT2D eigenvalue weighted by Gasteiger charge is 2.24. The van der Waals surface area contributed by atoms with Crippen LogP contribution in [0.25, 0.3) is 0 Å². The van der Waals surface area contributed by atoms with Gasteiger partial charge < -0.3 is 4.74 Å². The summed E-state index contributed by atoms with van der Waals surface area (Å²) in [6, 6.07) is 8.48. The van der Waals surface area contributed by atoms with E-state index in [1.165, 1.54) is 25.5 Å². The topological polar surface area (TPSA) is 26.3 Å². The summed E-state index contributed by atoms with van der Waals surface area (Å²) < 4.78 is 4.63. The molecule has 1 saturated carbocycles. The van der Waals surface area contributed by atoms with Crippen LogP contribution in [0.3, 0.4) is 0 Å².